The number of halogens is 1. The summed E-state index contributed by atoms with van der Waals surface area (Å²) in [6, 6.07) is 17.4. The Bertz CT molecular complexity index is 734. The second-order valence-electron chi connectivity index (χ2n) is 6.40. The number of Topliss-reactive ketones (excluding diaryl/α,β-unsaturated/α-hetero) is 1. The van der Waals surface area contributed by atoms with Gasteiger partial charge in [-0.2, -0.15) is 0 Å². The highest BCUT2D eigenvalue weighted by Gasteiger charge is 2.43. The Hall–Kier alpha value is -1.73. The van der Waals surface area contributed by atoms with Crippen LogP contribution in [0, 0.1) is 0 Å². The molecule has 3 rings (SSSR count). The van der Waals surface area contributed by atoms with Crippen LogP contribution < -0.4 is 4.74 Å². The first-order valence-electron chi connectivity index (χ1n) is 8.82. The van der Waals surface area contributed by atoms with Gasteiger partial charge in [0.1, 0.15) is 18.0 Å². The van der Waals surface area contributed by atoms with Gasteiger partial charge in [-0.25, -0.2) is 0 Å². The molecular formula is C21H23BrO5. The molecule has 1 aliphatic heterocycles. The van der Waals surface area contributed by atoms with E-state index >= 15 is 0 Å². The topological polar surface area (TPSA) is 54.0 Å². The summed E-state index contributed by atoms with van der Waals surface area (Å²) in [5.74, 6) is 0.623. The molecule has 0 N–H and O–H groups in total. The molecule has 0 amide bonds. The molecule has 1 aliphatic rings. The van der Waals surface area contributed by atoms with E-state index in [2.05, 4.69) is 15.9 Å². The molecule has 4 atom stereocenters. The number of methoxy groups -OCH3 is 1. The van der Waals surface area contributed by atoms with Gasteiger partial charge in [0, 0.05) is 0 Å². The third-order valence-electron chi connectivity index (χ3n) is 4.47. The van der Waals surface area contributed by atoms with Crippen LogP contribution in [0.3, 0.4) is 0 Å². The molecule has 5 nitrogen and oxygen atoms in total. The summed E-state index contributed by atoms with van der Waals surface area (Å²) >= 11 is 3.28. The number of benzene rings is 2. The first kappa shape index (κ1) is 20.0. The van der Waals surface area contributed by atoms with E-state index < -0.39 is 17.2 Å². The van der Waals surface area contributed by atoms with Crippen molar-refractivity contribution in [1.29, 1.82) is 0 Å². The van der Waals surface area contributed by atoms with Crippen molar-refractivity contribution >= 4 is 21.7 Å². The van der Waals surface area contributed by atoms with Crippen LogP contribution in [0.2, 0.25) is 0 Å². The van der Waals surface area contributed by atoms with E-state index in [1.807, 2.05) is 61.5 Å². The van der Waals surface area contributed by atoms with Crippen LogP contribution in [-0.4, -0.2) is 36.2 Å². The summed E-state index contributed by atoms with van der Waals surface area (Å²) in [6.45, 7) is 2.58. The molecule has 0 radical (unpaired) electrons. The van der Waals surface area contributed by atoms with Gasteiger partial charge >= 0.3 is 0 Å². The van der Waals surface area contributed by atoms with E-state index in [-0.39, 0.29) is 11.9 Å². The number of hydrogen-bond acceptors (Lipinski definition) is 5. The largest absolute Gasteiger partial charge is 0.497 e. The number of carbonyl (C=O) groups excluding carboxylic acids is 1. The Morgan fingerprint density at radius 1 is 0.963 bits per heavy atom. The first-order valence-corrected chi connectivity index (χ1v) is 9.73. The van der Waals surface area contributed by atoms with Crippen molar-refractivity contribution in [3.05, 3.63) is 65.7 Å². The van der Waals surface area contributed by atoms with E-state index in [1.165, 1.54) is 0 Å². The van der Waals surface area contributed by atoms with Gasteiger partial charge in [-0.1, -0.05) is 42.5 Å². The summed E-state index contributed by atoms with van der Waals surface area (Å²) in [7, 11) is 1.63. The molecule has 2 aromatic carbocycles. The number of carbonyl (C=O) groups is 1. The lowest BCUT2D eigenvalue weighted by Gasteiger charge is -2.37. The highest BCUT2D eigenvalue weighted by molar-refractivity contribution is 9.09. The van der Waals surface area contributed by atoms with Gasteiger partial charge in [0.05, 0.1) is 26.4 Å². The fraction of sp³-hybridized carbons (Fsp3) is 0.381. The summed E-state index contributed by atoms with van der Waals surface area (Å²) in [4.78, 5) is 12.6. The summed E-state index contributed by atoms with van der Waals surface area (Å²) in [5.41, 5.74) is 1.99. The van der Waals surface area contributed by atoms with Gasteiger partial charge in [0.15, 0.2) is 5.01 Å². The first-order chi connectivity index (χ1) is 13.1. The molecule has 144 valence electrons. The van der Waals surface area contributed by atoms with Crippen LogP contribution in [0.1, 0.15) is 18.1 Å². The summed E-state index contributed by atoms with van der Waals surface area (Å²) in [6.07, 6.45) is -1.47. The number of hydrogen-bond donors (Lipinski definition) is 0. The maximum atomic E-state index is 12.6. The van der Waals surface area contributed by atoms with Crippen molar-refractivity contribution in [2.45, 2.75) is 43.5 Å². The van der Waals surface area contributed by atoms with Crippen molar-refractivity contribution in [2.75, 3.05) is 7.11 Å². The minimum Gasteiger partial charge on any atom is -0.497 e. The van der Waals surface area contributed by atoms with Gasteiger partial charge in [-0.15, -0.1) is 0 Å². The Kier molecular flexibility index (Phi) is 7.01. The van der Waals surface area contributed by atoms with E-state index in [0.717, 1.165) is 16.9 Å². The molecule has 1 saturated heterocycles. The Labute approximate surface area is 167 Å². The predicted molar refractivity (Wildman–Crippen MR) is 105 cm³/mol. The zero-order valence-corrected chi connectivity index (χ0v) is 16.9. The smallest absolute Gasteiger partial charge is 0.203 e. The predicted octanol–water partition coefficient (Wildman–Crippen LogP) is 3.87. The van der Waals surface area contributed by atoms with Crippen molar-refractivity contribution in [3.63, 3.8) is 0 Å². The summed E-state index contributed by atoms with van der Waals surface area (Å²) < 4.78 is 22.8. The normalized spacial score (nSPS) is 25.4. The lowest BCUT2D eigenvalue weighted by Crippen LogP contribution is -2.54. The third-order valence-corrected chi connectivity index (χ3v) is 5.14. The van der Waals surface area contributed by atoms with Crippen LogP contribution >= 0.6 is 15.9 Å². The number of rotatable bonds is 7. The highest BCUT2D eigenvalue weighted by Crippen LogP contribution is 2.27. The van der Waals surface area contributed by atoms with E-state index in [0.29, 0.717) is 13.2 Å². The zero-order chi connectivity index (χ0) is 19.2. The number of alkyl halides is 1. The van der Waals surface area contributed by atoms with Gasteiger partial charge in [-0.3, -0.25) is 4.79 Å². The Morgan fingerprint density at radius 2 is 1.59 bits per heavy atom. The van der Waals surface area contributed by atoms with E-state index in [9.17, 15) is 4.79 Å². The molecule has 0 aromatic heterocycles. The summed E-state index contributed by atoms with van der Waals surface area (Å²) in [5, 5.41) is -0.686. The van der Waals surface area contributed by atoms with Crippen LogP contribution in [0.5, 0.6) is 5.75 Å². The molecule has 0 spiro atoms. The van der Waals surface area contributed by atoms with Crippen molar-refractivity contribution < 1.29 is 23.7 Å². The molecule has 1 heterocycles. The Morgan fingerprint density at radius 3 is 2.26 bits per heavy atom. The molecule has 6 heteroatoms. The van der Waals surface area contributed by atoms with E-state index in [1.54, 1.807) is 7.11 Å². The molecular weight excluding hydrogens is 412 g/mol. The van der Waals surface area contributed by atoms with Crippen molar-refractivity contribution in [2.24, 2.45) is 0 Å². The minimum atomic E-state index is -0.698. The monoisotopic (exact) mass is 434 g/mol. The maximum Gasteiger partial charge on any atom is 0.203 e. The second kappa shape index (κ2) is 9.46. The molecule has 0 bridgehead atoms. The van der Waals surface area contributed by atoms with Crippen molar-refractivity contribution in [1.82, 2.24) is 0 Å². The molecule has 0 saturated carbocycles. The third kappa shape index (κ3) is 5.17. The average Bonchev–Trinajstić information content (AvgIpc) is 2.70. The highest BCUT2D eigenvalue weighted by atomic mass is 79.9. The number of ketones is 1. The van der Waals surface area contributed by atoms with Gasteiger partial charge < -0.3 is 18.9 Å². The molecule has 2 aromatic rings. The minimum absolute atomic E-state index is 0.163. The lowest BCUT2D eigenvalue weighted by molar-refractivity contribution is -0.190. The molecule has 0 unspecified atom stereocenters. The van der Waals surface area contributed by atoms with Gasteiger partial charge in [0.25, 0.3) is 0 Å². The SMILES string of the molecule is COc1ccc(CO[C@H]2[C@H](C)O[C@@H](Br)C(=O)[C@@H]2OCc2ccccc2)cc1. The van der Waals surface area contributed by atoms with Crippen LogP contribution in [0.25, 0.3) is 0 Å². The van der Waals surface area contributed by atoms with Gasteiger partial charge in [0.2, 0.25) is 5.78 Å². The fourth-order valence-electron chi connectivity index (χ4n) is 2.94. The quantitative estimate of drug-likeness (QED) is 0.618. The molecule has 0 aliphatic carbocycles. The Balaban J connectivity index is 1.67. The van der Waals surface area contributed by atoms with Crippen LogP contribution in [-0.2, 0) is 32.2 Å². The maximum absolute atomic E-state index is 12.6. The van der Waals surface area contributed by atoms with Gasteiger partial charge in [-0.05, 0) is 46.1 Å². The fourth-order valence-corrected chi connectivity index (χ4v) is 3.55. The zero-order valence-electron chi connectivity index (χ0n) is 15.3. The van der Waals surface area contributed by atoms with Crippen molar-refractivity contribution in [3.8, 4) is 5.75 Å². The van der Waals surface area contributed by atoms with Crippen LogP contribution in [0.15, 0.2) is 54.6 Å². The standard InChI is InChI=1S/C21H23BrO5/c1-14-19(25-13-16-8-10-17(24-2)11-9-16)20(18(23)21(22)27-14)26-12-15-6-4-3-5-7-15/h3-11,14,19-21H,12-13H2,1-2H3/t14-,19-,20-,21+/m0/s1. The number of ether oxygens (including phenoxy) is 4. The van der Waals surface area contributed by atoms with Crippen LogP contribution in [0.4, 0.5) is 0 Å². The lowest BCUT2D eigenvalue weighted by atomic mass is 10.0. The van der Waals surface area contributed by atoms with E-state index in [4.69, 9.17) is 18.9 Å². The molecule has 27 heavy (non-hydrogen) atoms. The molecule has 1 fully saturated rings. The second-order valence-corrected chi connectivity index (χ2v) is 7.23. The average molecular weight is 435 g/mol.